The Balaban J connectivity index is 3.49. The molecule has 0 saturated heterocycles. The first-order chi connectivity index (χ1) is 6.88. The first-order valence-corrected chi connectivity index (χ1v) is 5.58. The molecule has 0 fully saturated rings. The quantitative estimate of drug-likeness (QED) is 0.754. The SMILES string of the molecule is CNS(=O)(=O)c1ccc(Cl)nc1C(=O)O. The number of aromatic nitrogens is 1. The summed E-state index contributed by atoms with van der Waals surface area (Å²) >= 11 is 5.46. The molecule has 0 bridgehead atoms. The van der Waals surface area contributed by atoms with Crippen molar-refractivity contribution < 1.29 is 18.3 Å². The van der Waals surface area contributed by atoms with E-state index in [4.69, 9.17) is 16.7 Å². The molecule has 8 heteroatoms. The van der Waals surface area contributed by atoms with E-state index in [1.165, 1.54) is 13.1 Å². The van der Waals surface area contributed by atoms with Gasteiger partial charge >= 0.3 is 5.97 Å². The number of aromatic carboxylic acids is 1. The average molecular weight is 251 g/mol. The van der Waals surface area contributed by atoms with E-state index >= 15 is 0 Å². The molecule has 1 rings (SSSR count). The van der Waals surface area contributed by atoms with Gasteiger partial charge in [0.05, 0.1) is 0 Å². The first-order valence-electron chi connectivity index (χ1n) is 3.72. The summed E-state index contributed by atoms with van der Waals surface area (Å²) in [4.78, 5) is 13.7. The van der Waals surface area contributed by atoms with E-state index in [1.54, 1.807) is 0 Å². The molecule has 0 atom stereocenters. The topological polar surface area (TPSA) is 96.4 Å². The molecule has 6 nitrogen and oxygen atoms in total. The fourth-order valence-electron chi connectivity index (χ4n) is 0.903. The van der Waals surface area contributed by atoms with E-state index < -0.39 is 26.6 Å². The molecule has 0 aliphatic carbocycles. The van der Waals surface area contributed by atoms with Crippen molar-refractivity contribution >= 4 is 27.6 Å². The van der Waals surface area contributed by atoms with Crippen LogP contribution in [0.1, 0.15) is 10.5 Å². The standard InChI is InChI=1S/C7H7ClN2O4S/c1-9-15(13,14)4-2-3-5(8)10-6(4)7(11)12/h2-3,9H,1H3,(H,11,12). The van der Waals surface area contributed by atoms with Gasteiger partial charge in [-0.05, 0) is 19.2 Å². The van der Waals surface area contributed by atoms with E-state index in [-0.39, 0.29) is 5.15 Å². The molecule has 1 aromatic heterocycles. The molecular weight excluding hydrogens is 244 g/mol. The number of hydrogen-bond acceptors (Lipinski definition) is 4. The number of carboxylic acid groups (broad SMARTS) is 1. The Morgan fingerprint density at radius 2 is 2.13 bits per heavy atom. The average Bonchev–Trinajstić information content (AvgIpc) is 2.17. The van der Waals surface area contributed by atoms with Crippen molar-refractivity contribution in [3.05, 3.63) is 23.0 Å². The summed E-state index contributed by atoms with van der Waals surface area (Å²) < 4.78 is 24.8. The minimum atomic E-state index is -3.84. The van der Waals surface area contributed by atoms with E-state index in [0.717, 1.165) is 6.07 Å². The second kappa shape index (κ2) is 4.13. The fraction of sp³-hybridized carbons (Fsp3) is 0.143. The maximum Gasteiger partial charge on any atom is 0.355 e. The van der Waals surface area contributed by atoms with E-state index in [1.807, 2.05) is 4.72 Å². The summed E-state index contributed by atoms with van der Waals surface area (Å²) in [5.74, 6) is -1.45. The van der Waals surface area contributed by atoms with Crippen molar-refractivity contribution in [1.29, 1.82) is 0 Å². The molecule has 2 N–H and O–H groups in total. The highest BCUT2D eigenvalue weighted by Crippen LogP contribution is 2.16. The van der Waals surface area contributed by atoms with Gasteiger partial charge in [0.15, 0.2) is 5.69 Å². The monoisotopic (exact) mass is 250 g/mol. The third-order valence-electron chi connectivity index (χ3n) is 1.59. The van der Waals surface area contributed by atoms with Crippen molar-refractivity contribution in [2.45, 2.75) is 4.90 Å². The van der Waals surface area contributed by atoms with Gasteiger partial charge in [0.25, 0.3) is 0 Å². The van der Waals surface area contributed by atoms with Crippen LogP contribution >= 0.6 is 11.6 Å². The van der Waals surface area contributed by atoms with Crippen LogP contribution in [0.3, 0.4) is 0 Å². The van der Waals surface area contributed by atoms with E-state index in [0.29, 0.717) is 0 Å². The lowest BCUT2D eigenvalue weighted by molar-refractivity contribution is 0.0686. The molecule has 0 radical (unpaired) electrons. The lowest BCUT2D eigenvalue weighted by atomic mass is 10.3. The Morgan fingerprint density at radius 1 is 1.53 bits per heavy atom. The molecule has 0 spiro atoms. The summed E-state index contributed by atoms with van der Waals surface area (Å²) in [5.41, 5.74) is -0.600. The highest BCUT2D eigenvalue weighted by Gasteiger charge is 2.22. The maximum absolute atomic E-state index is 11.4. The van der Waals surface area contributed by atoms with Gasteiger partial charge in [-0.3, -0.25) is 0 Å². The van der Waals surface area contributed by atoms with Gasteiger partial charge in [-0.1, -0.05) is 11.6 Å². The van der Waals surface area contributed by atoms with Crippen LogP contribution < -0.4 is 4.72 Å². The van der Waals surface area contributed by atoms with Crippen LogP contribution in [0.15, 0.2) is 17.0 Å². The molecule has 0 unspecified atom stereocenters. The Bertz CT molecular complexity index is 500. The largest absolute Gasteiger partial charge is 0.476 e. The number of carbonyl (C=O) groups is 1. The molecule has 0 amide bonds. The van der Waals surface area contributed by atoms with Crippen LogP contribution in [-0.2, 0) is 10.0 Å². The zero-order chi connectivity index (χ0) is 11.6. The highest BCUT2D eigenvalue weighted by molar-refractivity contribution is 7.89. The van der Waals surface area contributed by atoms with Crippen molar-refractivity contribution in [2.24, 2.45) is 0 Å². The Morgan fingerprint density at radius 3 is 2.60 bits per heavy atom. The zero-order valence-corrected chi connectivity index (χ0v) is 9.13. The predicted molar refractivity (Wildman–Crippen MR) is 52.5 cm³/mol. The second-order valence-electron chi connectivity index (χ2n) is 2.49. The van der Waals surface area contributed by atoms with Crippen molar-refractivity contribution in [1.82, 2.24) is 9.71 Å². The van der Waals surface area contributed by atoms with Crippen LogP contribution in [0.4, 0.5) is 0 Å². The molecular formula is C7H7ClN2O4S. The summed E-state index contributed by atoms with van der Waals surface area (Å²) in [6.07, 6.45) is 0. The van der Waals surface area contributed by atoms with Gasteiger partial charge in [0, 0.05) is 0 Å². The Hall–Kier alpha value is -1.18. The maximum atomic E-state index is 11.4. The Kier molecular flexibility index (Phi) is 3.28. The molecule has 0 aromatic carbocycles. The number of carboxylic acids is 1. The lowest BCUT2D eigenvalue weighted by Gasteiger charge is -2.05. The van der Waals surface area contributed by atoms with Gasteiger partial charge in [-0.2, -0.15) is 0 Å². The van der Waals surface area contributed by atoms with Crippen LogP contribution in [-0.4, -0.2) is 31.5 Å². The third kappa shape index (κ3) is 2.44. The predicted octanol–water partition coefficient (Wildman–Crippen LogP) is 0.341. The van der Waals surface area contributed by atoms with E-state index in [9.17, 15) is 13.2 Å². The minimum Gasteiger partial charge on any atom is -0.476 e. The first kappa shape index (κ1) is 11.9. The van der Waals surface area contributed by atoms with Gasteiger partial charge < -0.3 is 5.11 Å². The molecule has 0 aliphatic rings. The molecule has 82 valence electrons. The van der Waals surface area contributed by atoms with Crippen molar-refractivity contribution in [3.63, 3.8) is 0 Å². The number of nitrogens with one attached hydrogen (secondary N) is 1. The van der Waals surface area contributed by atoms with Gasteiger partial charge in [-0.15, -0.1) is 0 Å². The smallest absolute Gasteiger partial charge is 0.355 e. The van der Waals surface area contributed by atoms with Crippen molar-refractivity contribution in [3.8, 4) is 0 Å². The fourth-order valence-corrected chi connectivity index (χ4v) is 1.90. The highest BCUT2D eigenvalue weighted by atomic mass is 35.5. The molecule has 1 heterocycles. The number of pyridine rings is 1. The van der Waals surface area contributed by atoms with Gasteiger partial charge in [-0.25, -0.2) is 22.9 Å². The lowest BCUT2D eigenvalue weighted by Crippen LogP contribution is -2.22. The van der Waals surface area contributed by atoms with Crippen LogP contribution in [0.25, 0.3) is 0 Å². The summed E-state index contributed by atoms with van der Waals surface area (Å²) in [6, 6.07) is 2.29. The number of nitrogens with zero attached hydrogens (tertiary/aromatic N) is 1. The molecule has 15 heavy (non-hydrogen) atoms. The van der Waals surface area contributed by atoms with Gasteiger partial charge in [0.2, 0.25) is 10.0 Å². The number of rotatable bonds is 3. The van der Waals surface area contributed by atoms with Crippen LogP contribution in [0, 0.1) is 0 Å². The third-order valence-corrected chi connectivity index (χ3v) is 3.24. The number of hydrogen-bond donors (Lipinski definition) is 2. The number of halogens is 1. The second-order valence-corrected chi connectivity index (χ2v) is 4.74. The molecule has 0 saturated carbocycles. The van der Waals surface area contributed by atoms with Gasteiger partial charge in [0.1, 0.15) is 10.0 Å². The zero-order valence-electron chi connectivity index (χ0n) is 7.56. The van der Waals surface area contributed by atoms with Crippen LogP contribution in [0.5, 0.6) is 0 Å². The number of sulfonamides is 1. The minimum absolute atomic E-state index is 0.0811. The van der Waals surface area contributed by atoms with Crippen molar-refractivity contribution in [2.75, 3.05) is 7.05 Å². The summed E-state index contributed by atoms with van der Waals surface area (Å²) in [6.45, 7) is 0. The molecule has 1 aromatic rings. The summed E-state index contributed by atoms with van der Waals surface area (Å²) in [7, 11) is -2.67. The Labute approximate surface area is 91.0 Å². The molecule has 0 aliphatic heterocycles. The summed E-state index contributed by atoms with van der Waals surface area (Å²) in [5, 5.41) is 8.65. The van der Waals surface area contributed by atoms with Crippen LogP contribution in [0.2, 0.25) is 5.15 Å². The normalized spacial score (nSPS) is 11.3. The van der Waals surface area contributed by atoms with E-state index in [2.05, 4.69) is 4.98 Å².